The van der Waals surface area contributed by atoms with Gasteiger partial charge in [-0.3, -0.25) is 0 Å². The lowest BCUT2D eigenvalue weighted by Gasteiger charge is -2.44. The summed E-state index contributed by atoms with van der Waals surface area (Å²) in [6.45, 7) is 11.2. The average Bonchev–Trinajstić information content (AvgIpc) is 3.11. The molecule has 0 bridgehead atoms. The molecule has 5 aromatic rings. The van der Waals surface area contributed by atoms with E-state index in [4.69, 9.17) is 9.16 Å². The Kier molecular flexibility index (Phi) is 11.7. The van der Waals surface area contributed by atoms with Crippen molar-refractivity contribution in [3.63, 3.8) is 0 Å². The van der Waals surface area contributed by atoms with Crippen molar-refractivity contribution in [3.8, 4) is 0 Å². The van der Waals surface area contributed by atoms with Crippen LogP contribution in [-0.4, -0.2) is 32.2 Å². The second-order valence-electron chi connectivity index (χ2n) is 13.8. The van der Waals surface area contributed by atoms with Gasteiger partial charge in [-0.05, 0) is 58.8 Å². The number of hydrogen-bond donors (Lipinski definition) is 1. The molecule has 48 heavy (non-hydrogen) atoms. The van der Waals surface area contributed by atoms with Gasteiger partial charge in [0, 0.05) is 0 Å². The summed E-state index contributed by atoms with van der Waals surface area (Å²) in [7, 11) is -2.89. The number of hydrogen-bond acceptors (Lipinski definition) is 3. The van der Waals surface area contributed by atoms with Crippen LogP contribution in [0.4, 0.5) is 0 Å². The van der Waals surface area contributed by atoms with E-state index in [1.165, 1.54) is 15.9 Å². The van der Waals surface area contributed by atoms with Gasteiger partial charge in [0.2, 0.25) is 0 Å². The molecule has 0 aliphatic heterocycles. The molecular formula is C44H50O3Si. The molecule has 0 radical (unpaired) electrons. The predicted octanol–water partition coefficient (Wildman–Crippen LogP) is 9.05. The predicted molar refractivity (Wildman–Crippen MR) is 202 cm³/mol. The van der Waals surface area contributed by atoms with Gasteiger partial charge in [0.05, 0.1) is 12.7 Å². The van der Waals surface area contributed by atoms with E-state index in [0.29, 0.717) is 6.42 Å². The Morgan fingerprint density at radius 3 is 1.35 bits per heavy atom. The second kappa shape index (κ2) is 15.9. The van der Waals surface area contributed by atoms with E-state index in [1.807, 2.05) is 18.2 Å². The van der Waals surface area contributed by atoms with Crippen molar-refractivity contribution in [2.24, 2.45) is 0 Å². The molecule has 2 atom stereocenters. The fraction of sp³-hybridized carbons (Fsp3) is 0.273. The van der Waals surface area contributed by atoms with E-state index in [0.717, 1.165) is 23.1 Å². The number of benzene rings is 5. The molecule has 0 fully saturated rings. The van der Waals surface area contributed by atoms with Gasteiger partial charge in [0.25, 0.3) is 8.32 Å². The van der Waals surface area contributed by atoms with Crippen LogP contribution in [0.2, 0.25) is 5.04 Å². The smallest absolute Gasteiger partial charge is 0.261 e. The zero-order chi connectivity index (χ0) is 34.0. The Balaban J connectivity index is 1.61. The standard InChI is InChI=1S/C44H50O3Si/c1-35(2)22-21-33-42(41(45)34-46-48(43(3,4)5,39-29-17-9-18-30-39)40-31-19-10-20-32-40)47-44(36-23-11-6-12-24-36,37-25-13-7-14-26-37)38-27-15-8-16-28-38/h6-20,22-32,41-42,45H,21,33-34H2,1-5H3/t41-,42-/m1/s1. The monoisotopic (exact) mass is 654 g/mol. The summed E-state index contributed by atoms with van der Waals surface area (Å²) in [4.78, 5) is 0. The fourth-order valence-corrected chi connectivity index (χ4v) is 11.5. The molecule has 0 spiro atoms. The zero-order valence-corrected chi connectivity index (χ0v) is 30.1. The lowest BCUT2D eigenvalue weighted by Crippen LogP contribution is -2.67. The Bertz CT molecular complexity index is 1560. The summed E-state index contributed by atoms with van der Waals surface area (Å²) in [6, 6.07) is 52.4. The van der Waals surface area contributed by atoms with Gasteiger partial charge in [0.15, 0.2) is 0 Å². The highest BCUT2D eigenvalue weighted by atomic mass is 28.4. The Morgan fingerprint density at radius 1 is 0.625 bits per heavy atom. The number of rotatable bonds is 14. The van der Waals surface area contributed by atoms with Crippen molar-refractivity contribution >= 4 is 18.7 Å². The van der Waals surface area contributed by atoms with Crippen LogP contribution in [0.1, 0.15) is 64.2 Å². The number of aliphatic hydroxyl groups excluding tert-OH is 1. The normalized spacial score (nSPS) is 13.5. The lowest BCUT2D eigenvalue weighted by molar-refractivity contribution is -0.114. The molecule has 0 unspecified atom stereocenters. The average molecular weight is 655 g/mol. The summed E-state index contributed by atoms with van der Waals surface area (Å²) in [5, 5.41) is 14.5. The van der Waals surface area contributed by atoms with E-state index in [2.05, 4.69) is 174 Å². The first-order chi connectivity index (χ1) is 23.2. The molecule has 0 saturated carbocycles. The molecule has 5 rings (SSSR count). The summed E-state index contributed by atoms with van der Waals surface area (Å²) < 4.78 is 14.7. The molecule has 248 valence electrons. The minimum Gasteiger partial charge on any atom is -0.405 e. The maximum absolute atomic E-state index is 12.4. The first kappa shape index (κ1) is 35.2. The number of ether oxygens (including phenoxy) is 1. The largest absolute Gasteiger partial charge is 0.405 e. The summed E-state index contributed by atoms with van der Waals surface area (Å²) >= 11 is 0. The summed E-state index contributed by atoms with van der Waals surface area (Å²) in [6.07, 6.45) is 2.19. The number of allylic oxidation sites excluding steroid dienone is 2. The molecule has 0 aromatic heterocycles. The van der Waals surface area contributed by atoms with Crippen molar-refractivity contribution in [1.29, 1.82) is 0 Å². The first-order valence-corrected chi connectivity index (χ1v) is 19.0. The van der Waals surface area contributed by atoms with Crippen LogP contribution < -0.4 is 10.4 Å². The van der Waals surface area contributed by atoms with Gasteiger partial charge in [-0.25, -0.2) is 0 Å². The fourth-order valence-electron chi connectivity index (χ4n) is 6.90. The summed E-state index contributed by atoms with van der Waals surface area (Å²) in [5.74, 6) is 0. The van der Waals surface area contributed by atoms with Crippen molar-refractivity contribution in [1.82, 2.24) is 0 Å². The second-order valence-corrected chi connectivity index (χ2v) is 18.1. The van der Waals surface area contributed by atoms with Gasteiger partial charge in [-0.1, -0.05) is 184 Å². The molecule has 0 saturated heterocycles. The minimum atomic E-state index is -2.89. The molecule has 3 nitrogen and oxygen atoms in total. The summed E-state index contributed by atoms with van der Waals surface area (Å²) in [5.41, 5.74) is 3.31. The van der Waals surface area contributed by atoms with E-state index in [1.54, 1.807) is 0 Å². The SMILES string of the molecule is CC(C)=CCC[C@@H](OC(c1ccccc1)(c1ccccc1)c1ccccc1)[C@H](O)CO[Si](c1ccccc1)(c1ccccc1)C(C)(C)C. The zero-order valence-electron chi connectivity index (χ0n) is 29.1. The molecule has 0 aliphatic carbocycles. The van der Waals surface area contributed by atoms with Crippen molar-refractivity contribution in [2.45, 2.75) is 70.3 Å². The molecule has 5 aromatic carbocycles. The molecule has 1 N–H and O–H groups in total. The maximum Gasteiger partial charge on any atom is 0.261 e. The van der Waals surface area contributed by atoms with Gasteiger partial charge >= 0.3 is 0 Å². The van der Waals surface area contributed by atoms with Gasteiger partial charge in [-0.15, -0.1) is 0 Å². The Morgan fingerprint density at radius 2 is 1.00 bits per heavy atom. The lowest BCUT2D eigenvalue weighted by atomic mass is 9.79. The van der Waals surface area contributed by atoms with Crippen LogP contribution in [-0.2, 0) is 14.8 Å². The molecular weight excluding hydrogens is 605 g/mol. The van der Waals surface area contributed by atoms with Crippen LogP contribution in [0, 0.1) is 0 Å². The first-order valence-electron chi connectivity index (χ1n) is 17.1. The van der Waals surface area contributed by atoms with Gasteiger partial charge in [0.1, 0.15) is 11.7 Å². The molecule has 0 heterocycles. The van der Waals surface area contributed by atoms with Crippen LogP contribution in [0.25, 0.3) is 0 Å². The molecule has 4 heteroatoms. The van der Waals surface area contributed by atoms with Gasteiger partial charge < -0.3 is 14.3 Å². The highest BCUT2D eigenvalue weighted by molar-refractivity contribution is 6.99. The molecule has 0 aliphatic rings. The van der Waals surface area contributed by atoms with Crippen LogP contribution in [0.3, 0.4) is 0 Å². The third-order valence-electron chi connectivity index (χ3n) is 9.19. The van der Waals surface area contributed by atoms with E-state index in [9.17, 15) is 5.11 Å². The van der Waals surface area contributed by atoms with Crippen LogP contribution >= 0.6 is 0 Å². The highest BCUT2D eigenvalue weighted by Crippen LogP contribution is 2.43. The quantitative estimate of drug-likeness (QED) is 0.0738. The van der Waals surface area contributed by atoms with Crippen molar-refractivity contribution in [3.05, 3.63) is 180 Å². The van der Waals surface area contributed by atoms with Crippen LogP contribution in [0.5, 0.6) is 0 Å². The van der Waals surface area contributed by atoms with E-state index in [-0.39, 0.29) is 11.6 Å². The Hall–Kier alpha value is -4.06. The molecule has 0 amide bonds. The minimum absolute atomic E-state index is 0.140. The highest BCUT2D eigenvalue weighted by Gasteiger charge is 2.51. The Labute approximate surface area is 289 Å². The number of aliphatic hydroxyl groups is 1. The van der Waals surface area contributed by atoms with Crippen LogP contribution in [0.15, 0.2) is 163 Å². The third-order valence-corrected chi connectivity index (χ3v) is 14.2. The van der Waals surface area contributed by atoms with Gasteiger partial charge in [-0.2, -0.15) is 0 Å². The van der Waals surface area contributed by atoms with Crippen molar-refractivity contribution in [2.75, 3.05) is 6.61 Å². The topological polar surface area (TPSA) is 38.7 Å². The maximum atomic E-state index is 12.4. The van der Waals surface area contributed by atoms with Crippen molar-refractivity contribution < 1.29 is 14.3 Å². The third kappa shape index (κ3) is 7.64. The van der Waals surface area contributed by atoms with E-state index < -0.39 is 26.1 Å². The van der Waals surface area contributed by atoms with E-state index >= 15 is 0 Å².